The maximum atomic E-state index is 11.8. The van der Waals surface area contributed by atoms with Crippen molar-refractivity contribution in [2.24, 2.45) is 0 Å². The van der Waals surface area contributed by atoms with Gasteiger partial charge in [0.1, 0.15) is 10.5 Å². The van der Waals surface area contributed by atoms with E-state index in [2.05, 4.69) is 10.3 Å². The van der Waals surface area contributed by atoms with Crippen LogP contribution in [0, 0.1) is 0 Å². The highest BCUT2D eigenvalue weighted by Gasteiger charge is 2.28. The van der Waals surface area contributed by atoms with Gasteiger partial charge in [0.05, 0.1) is 12.1 Å². The first-order valence-corrected chi connectivity index (χ1v) is 7.72. The molecule has 2 aromatic rings. The fourth-order valence-electron chi connectivity index (χ4n) is 1.52. The molecule has 0 saturated carbocycles. The van der Waals surface area contributed by atoms with Crippen molar-refractivity contribution in [1.82, 2.24) is 10.3 Å². The molecule has 0 atom stereocenters. The van der Waals surface area contributed by atoms with Gasteiger partial charge in [0.2, 0.25) is 5.91 Å². The number of amides is 1. The summed E-state index contributed by atoms with van der Waals surface area (Å²) in [6.45, 7) is 2.90. The van der Waals surface area contributed by atoms with Crippen LogP contribution in [0.25, 0.3) is 10.6 Å². The van der Waals surface area contributed by atoms with Crippen LogP contribution in [-0.2, 0) is 16.0 Å². The molecule has 0 unspecified atom stereocenters. The molecule has 0 spiro atoms. The second kappa shape index (κ2) is 5.72. The van der Waals surface area contributed by atoms with Crippen molar-refractivity contribution in [3.63, 3.8) is 0 Å². The Morgan fingerprint density at radius 1 is 1.40 bits per heavy atom. The average Bonchev–Trinajstić information content (AvgIpc) is 2.97. The highest BCUT2D eigenvalue weighted by atomic mass is 32.1. The zero-order chi connectivity index (χ0) is 14.8. The van der Waals surface area contributed by atoms with Gasteiger partial charge < -0.3 is 10.4 Å². The number of carboxylic acids is 1. The summed E-state index contributed by atoms with van der Waals surface area (Å²) < 4.78 is 0. The average molecular weight is 310 g/mol. The number of thiazole rings is 1. The lowest BCUT2D eigenvalue weighted by atomic mass is 10.1. The van der Waals surface area contributed by atoms with E-state index in [4.69, 9.17) is 5.11 Å². The number of rotatable bonds is 5. The minimum atomic E-state index is -1.27. The number of hydrogen-bond donors (Lipinski definition) is 2. The topological polar surface area (TPSA) is 79.3 Å². The molecular weight excluding hydrogens is 296 g/mol. The van der Waals surface area contributed by atoms with Gasteiger partial charge in [0.15, 0.2) is 0 Å². The molecule has 0 aliphatic carbocycles. The first-order valence-electron chi connectivity index (χ1n) is 5.90. The normalized spacial score (nSPS) is 11.3. The van der Waals surface area contributed by atoms with Crippen molar-refractivity contribution >= 4 is 34.6 Å². The van der Waals surface area contributed by atoms with E-state index in [0.717, 1.165) is 10.6 Å². The monoisotopic (exact) mass is 310 g/mol. The number of carbonyl (C=O) groups excluding carboxylic acids is 1. The molecule has 0 radical (unpaired) electrons. The van der Waals surface area contributed by atoms with Gasteiger partial charge in [0.25, 0.3) is 0 Å². The summed E-state index contributed by atoms with van der Waals surface area (Å²) in [4.78, 5) is 27.1. The van der Waals surface area contributed by atoms with Gasteiger partial charge >= 0.3 is 5.97 Å². The number of aliphatic carboxylic acids is 1. The van der Waals surface area contributed by atoms with Crippen molar-refractivity contribution in [3.8, 4) is 10.6 Å². The molecule has 0 bridgehead atoms. The predicted octanol–water partition coefficient (Wildman–Crippen LogP) is 2.39. The van der Waals surface area contributed by atoms with Crippen LogP contribution in [0.2, 0.25) is 0 Å². The maximum Gasteiger partial charge on any atom is 0.328 e. The van der Waals surface area contributed by atoms with E-state index >= 15 is 0 Å². The first-order chi connectivity index (χ1) is 9.38. The zero-order valence-electron chi connectivity index (χ0n) is 11.0. The van der Waals surface area contributed by atoms with Crippen molar-refractivity contribution in [2.45, 2.75) is 25.8 Å². The smallest absolute Gasteiger partial charge is 0.328 e. The van der Waals surface area contributed by atoms with Gasteiger partial charge in [0, 0.05) is 16.3 Å². The fourth-order valence-corrected chi connectivity index (χ4v) is 3.05. The molecule has 20 heavy (non-hydrogen) atoms. The fraction of sp³-hybridized carbons (Fsp3) is 0.308. The summed E-state index contributed by atoms with van der Waals surface area (Å²) >= 11 is 3.06. The summed E-state index contributed by atoms with van der Waals surface area (Å²) in [5.74, 6) is -1.41. The van der Waals surface area contributed by atoms with Crippen LogP contribution < -0.4 is 5.32 Å². The summed E-state index contributed by atoms with van der Waals surface area (Å²) in [5, 5.41) is 18.1. The van der Waals surface area contributed by atoms with E-state index in [1.807, 2.05) is 22.2 Å². The third-order valence-electron chi connectivity index (χ3n) is 2.65. The number of aromatic nitrogens is 1. The number of nitrogens with zero attached hydrogens (tertiary/aromatic N) is 1. The molecule has 7 heteroatoms. The highest BCUT2D eigenvalue weighted by Crippen LogP contribution is 2.25. The third-order valence-corrected chi connectivity index (χ3v) is 4.27. The molecule has 1 amide bonds. The van der Waals surface area contributed by atoms with Crippen molar-refractivity contribution in [1.29, 1.82) is 0 Å². The quantitative estimate of drug-likeness (QED) is 0.888. The van der Waals surface area contributed by atoms with Gasteiger partial charge in [-0.2, -0.15) is 11.3 Å². The molecule has 2 N–H and O–H groups in total. The number of thiophene rings is 1. The lowest BCUT2D eigenvalue weighted by Gasteiger charge is -2.20. The standard InChI is InChI=1S/C13H14N2O3S2/c1-13(2,12(17)18)15-10(16)5-9-7-20-11(14-9)8-3-4-19-6-8/h3-4,6-7H,5H2,1-2H3,(H,15,16)(H,17,18). The van der Waals surface area contributed by atoms with Crippen LogP contribution in [0.5, 0.6) is 0 Å². The molecular formula is C13H14N2O3S2. The first kappa shape index (κ1) is 14.7. The van der Waals surface area contributed by atoms with Gasteiger partial charge in [-0.05, 0) is 25.3 Å². The second-order valence-electron chi connectivity index (χ2n) is 4.81. The summed E-state index contributed by atoms with van der Waals surface area (Å²) in [6, 6.07) is 1.97. The van der Waals surface area contributed by atoms with Gasteiger partial charge in [-0.15, -0.1) is 11.3 Å². The van der Waals surface area contributed by atoms with Crippen LogP contribution in [0.4, 0.5) is 0 Å². The Hall–Kier alpha value is -1.73. The van der Waals surface area contributed by atoms with Crippen LogP contribution in [-0.4, -0.2) is 27.5 Å². The summed E-state index contributed by atoms with van der Waals surface area (Å²) in [6.07, 6.45) is 0.0807. The minimum absolute atomic E-state index is 0.0807. The summed E-state index contributed by atoms with van der Waals surface area (Å²) in [7, 11) is 0. The molecule has 0 fully saturated rings. The Kier molecular flexibility index (Phi) is 4.20. The largest absolute Gasteiger partial charge is 0.480 e. The van der Waals surface area contributed by atoms with E-state index in [0.29, 0.717) is 5.69 Å². The zero-order valence-corrected chi connectivity index (χ0v) is 12.7. The minimum Gasteiger partial charge on any atom is -0.480 e. The molecule has 2 rings (SSSR count). The van der Waals surface area contributed by atoms with E-state index in [-0.39, 0.29) is 12.3 Å². The molecule has 0 aliphatic rings. The Bertz CT molecular complexity index is 617. The number of carboxylic acid groups (broad SMARTS) is 1. The van der Waals surface area contributed by atoms with Crippen molar-refractivity contribution in [3.05, 3.63) is 27.9 Å². The number of nitrogens with one attached hydrogen (secondary N) is 1. The molecule has 0 aliphatic heterocycles. The van der Waals surface area contributed by atoms with Gasteiger partial charge in [-0.25, -0.2) is 9.78 Å². The lowest BCUT2D eigenvalue weighted by molar-refractivity contribution is -0.145. The van der Waals surface area contributed by atoms with E-state index in [9.17, 15) is 9.59 Å². The number of carbonyl (C=O) groups is 2. The highest BCUT2D eigenvalue weighted by molar-refractivity contribution is 7.14. The Balaban J connectivity index is 2.01. The van der Waals surface area contributed by atoms with Crippen LogP contribution in [0.15, 0.2) is 22.2 Å². The van der Waals surface area contributed by atoms with E-state index in [1.54, 1.807) is 11.3 Å². The Morgan fingerprint density at radius 2 is 2.15 bits per heavy atom. The summed E-state index contributed by atoms with van der Waals surface area (Å²) in [5.41, 5.74) is 0.413. The van der Waals surface area contributed by atoms with Crippen molar-refractivity contribution < 1.29 is 14.7 Å². The molecule has 2 aromatic heterocycles. The molecule has 106 valence electrons. The van der Waals surface area contributed by atoms with Crippen LogP contribution >= 0.6 is 22.7 Å². The van der Waals surface area contributed by atoms with E-state index < -0.39 is 11.5 Å². The van der Waals surface area contributed by atoms with Crippen LogP contribution in [0.1, 0.15) is 19.5 Å². The molecule has 5 nitrogen and oxygen atoms in total. The Labute approximate surface area is 124 Å². The second-order valence-corrected chi connectivity index (χ2v) is 6.45. The Morgan fingerprint density at radius 3 is 2.75 bits per heavy atom. The molecule has 0 aromatic carbocycles. The third kappa shape index (κ3) is 3.43. The molecule has 2 heterocycles. The van der Waals surface area contributed by atoms with Crippen LogP contribution in [0.3, 0.4) is 0 Å². The molecule has 0 saturated heterocycles. The van der Waals surface area contributed by atoms with Crippen molar-refractivity contribution in [2.75, 3.05) is 0 Å². The number of hydrogen-bond acceptors (Lipinski definition) is 5. The lowest BCUT2D eigenvalue weighted by Crippen LogP contribution is -2.50. The van der Waals surface area contributed by atoms with E-state index in [1.165, 1.54) is 25.2 Å². The van der Waals surface area contributed by atoms with Gasteiger partial charge in [-0.1, -0.05) is 0 Å². The maximum absolute atomic E-state index is 11.8. The SMILES string of the molecule is CC(C)(NC(=O)Cc1csc(-c2ccsc2)n1)C(=O)O. The van der Waals surface area contributed by atoms with Gasteiger partial charge in [-0.3, -0.25) is 4.79 Å². The predicted molar refractivity (Wildman–Crippen MR) is 79.0 cm³/mol.